The SMILES string of the molecule is COC(=O)C12CN(Cc3ccccc3)CC1C(O)(c1ccc(F)cc1)CCC2c1ccccc1. The number of carbonyl (C=O) groups excluding carboxylic acids is 1. The van der Waals surface area contributed by atoms with Gasteiger partial charge in [0.05, 0.1) is 18.1 Å². The smallest absolute Gasteiger partial charge is 0.314 e. The van der Waals surface area contributed by atoms with Crippen LogP contribution >= 0.6 is 0 Å². The van der Waals surface area contributed by atoms with Gasteiger partial charge < -0.3 is 9.84 Å². The molecule has 0 radical (unpaired) electrons. The van der Waals surface area contributed by atoms with E-state index in [1.54, 1.807) is 12.1 Å². The van der Waals surface area contributed by atoms with E-state index in [4.69, 9.17) is 4.74 Å². The third-order valence-corrected chi connectivity index (χ3v) is 7.92. The molecule has 5 rings (SSSR count). The topological polar surface area (TPSA) is 49.8 Å². The van der Waals surface area contributed by atoms with Crippen molar-refractivity contribution in [1.29, 1.82) is 0 Å². The lowest BCUT2D eigenvalue weighted by atomic mass is 9.53. The fourth-order valence-electron chi connectivity index (χ4n) is 6.43. The molecule has 4 unspecified atom stereocenters. The molecule has 34 heavy (non-hydrogen) atoms. The first-order chi connectivity index (χ1) is 16.5. The maximum atomic E-state index is 13.7. The Kier molecular flexibility index (Phi) is 6.00. The summed E-state index contributed by atoms with van der Waals surface area (Å²) in [6.07, 6.45) is 1.11. The fourth-order valence-corrected chi connectivity index (χ4v) is 6.43. The van der Waals surface area contributed by atoms with Gasteiger partial charge in [0, 0.05) is 31.5 Å². The standard InChI is InChI=1S/C29H30FNO3/c1-34-27(32)28-20-31(18-21-8-4-2-5-9-21)19-26(28)29(33,23-12-14-24(30)15-13-23)17-16-25(28)22-10-6-3-7-11-22/h2-15,25-26,33H,16-20H2,1H3. The molecule has 0 aromatic heterocycles. The van der Waals surface area contributed by atoms with Gasteiger partial charge in [-0.25, -0.2) is 4.39 Å². The van der Waals surface area contributed by atoms with Crippen LogP contribution in [0.4, 0.5) is 4.39 Å². The van der Waals surface area contributed by atoms with Gasteiger partial charge in [0.15, 0.2) is 0 Å². The number of methoxy groups -OCH3 is 1. The summed E-state index contributed by atoms with van der Waals surface area (Å²) < 4.78 is 19.2. The Morgan fingerprint density at radius 3 is 2.32 bits per heavy atom. The number of rotatable bonds is 5. The highest BCUT2D eigenvalue weighted by molar-refractivity contribution is 5.80. The number of likely N-dealkylation sites (tertiary alicyclic amines) is 1. The van der Waals surface area contributed by atoms with E-state index in [9.17, 15) is 14.3 Å². The summed E-state index contributed by atoms with van der Waals surface area (Å²) in [4.78, 5) is 16.0. The van der Waals surface area contributed by atoms with Gasteiger partial charge in [-0.15, -0.1) is 0 Å². The summed E-state index contributed by atoms with van der Waals surface area (Å²) >= 11 is 0. The van der Waals surface area contributed by atoms with E-state index in [1.807, 2.05) is 36.4 Å². The molecule has 1 N–H and O–H groups in total. The van der Waals surface area contributed by atoms with Gasteiger partial charge in [-0.05, 0) is 41.7 Å². The fraction of sp³-hybridized carbons (Fsp3) is 0.345. The van der Waals surface area contributed by atoms with Crippen LogP contribution in [0.15, 0.2) is 84.9 Å². The molecule has 0 spiro atoms. The summed E-state index contributed by atoms with van der Waals surface area (Å²) in [5.41, 5.74) is 0.703. The minimum atomic E-state index is -1.27. The predicted octanol–water partition coefficient (Wildman–Crippen LogP) is 4.88. The highest BCUT2D eigenvalue weighted by Crippen LogP contribution is 2.61. The molecule has 3 aromatic rings. The number of fused-ring (bicyclic) bond motifs is 1. The van der Waals surface area contributed by atoms with E-state index in [0.717, 1.165) is 11.1 Å². The van der Waals surface area contributed by atoms with E-state index < -0.39 is 16.9 Å². The highest BCUT2D eigenvalue weighted by Gasteiger charge is 2.66. The molecular weight excluding hydrogens is 429 g/mol. The first-order valence-corrected chi connectivity index (χ1v) is 11.9. The van der Waals surface area contributed by atoms with Crippen LogP contribution < -0.4 is 0 Å². The van der Waals surface area contributed by atoms with Crippen LogP contribution in [0, 0.1) is 17.2 Å². The van der Waals surface area contributed by atoms with E-state index in [-0.39, 0.29) is 17.7 Å². The van der Waals surface area contributed by atoms with Gasteiger partial charge in [-0.2, -0.15) is 0 Å². The number of carbonyl (C=O) groups is 1. The Balaban J connectivity index is 1.62. The first kappa shape index (κ1) is 22.8. The molecule has 0 amide bonds. The minimum Gasteiger partial charge on any atom is -0.469 e. The van der Waals surface area contributed by atoms with Crippen molar-refractivity contribution in [3.63, 3.8) is 0 Å². The summed E-state index contributed by atoms with van der Waals surface area (Å²) in [5.74, 6) is -1.13. The number of nitrogens with zero attached hydrogens (tertiary/aromatic N) is 1. The second-order valence-electron chi connectivity index (χ2n) is 9.67. The molecular formula is C29H30FNO3. The van der Waals surface area contributed by atoms with Crippen molar-refractivity contribution in [1.82, 2.24) is 4.90 Å². The monoisotopic (exact) mass is 459 g/mol. The Bertz CT molecular complexity index is 1140. The van der Waals surface area contributed by atoms with Crippen LogP contribution in [-0.4, -0.2) is 36.2 Å². The maximum Gasteiger partial charge on any atom is 0.314 e. The van der Waals surface area contributed by atoms with Crippen molar-refractivity contribution >= 4 is 5.97 Å². The normalized spacial score (nSPS) is 28.9. The Labute approximate surface area is 200 Å². The summed E-state index contributed by atoms with van der Waals surface area (Å²) in [6, 6.07) is 26.3. The zero-order valence-corrected chi connectivity index (χ0v) is 19.4. The molecule has 5 heteroatoms. The van der Waals surface area contributed by atoms with Crippen LogP contribution in [0.3, 0.4) is 0 Å². The number of aliphatic hydroxyl groups is 1. The van der Waals surface area contributed by atoms with Gasteiger partial charge >= 0.3 is 5.97 Å². The average Bonchev–Trinajstić information content (AvgIpc) is 3.26. The third kappa shape index (κ3) is 3.73. The van der Waals surface area contributed by atoms with Crippen LogP contribution in [0.1, 0.15) is 35.4 Å². The number of ether oxygens (including phenoxy) is 1. The third-order valence-electron chi connectivity index (χ3n) is 7.92. The summed E-state index contributed by atoms with van der Waals surface area (Å²) in [5, 5.41) is 12.2. The molecule has 0 bridgehead atoms. The van der Waals surface area contributed by atoms with E-state index >= 15 is 0 Å². The molecule has 2 fully saturated rings. The van der Waals surface area contributed by atoms with Crippen molar-refractivity contribution in [2.75, 3.05) is 20.2 Å². The quantitative estimate of drug-likeness (QED) is 0.553. The second-order valence-corrected chi connectivity index (χ2v) is 9.67. The van der Waals surface area contributed by atoms with Crippen LogP contribution in [-0.2, 0) is 21.7 Å². The molecule has 1 saturated carbocycles. The zero-order chi connectivity index (χ0) is 23.8. The number of hydrogen-bond donors (Lipinski definition) is 1. The van der Waals surface area contributed by atoms with Gasteiger partial charge in [0.25, 0.3) is 0 Å². The van der Waals surface area contributed by atoms with Crippen LogP contribution in [0.25, 0.3) is 0 Å². The number of hydrogen-bond acceptors (Lipinski definition) is 4. The number of benzene rings is 3. The van der Waals surface area contributed by atoms with Crippen molar-refractivity contribution in [2.45, 2.75) is 30.9 Å². The molecule has 1 heterocycles. The second kappa shape index (κ2) is 8.97. The lowest BCUT2D eigenvalue weighted by Gasteiger charge is -2.51. The predicted molar refractivity (Wildman–Crippen MR) is 128 cm³/mol. The molecule has 1 saturated heterocycles. The van der Waals surface area contributed by atoms with Crippen LogP contribution in [0.5, 0.6) is 0 Å². The van der Waals surface area contributed by atoms with Crippen molar-refractivity contribution in [3.8, 4) is 0 Å². The van der Waals surface area contributed by atoms with E-state index in [2.05, 4.69) is 29.2 Å². The molecule has 1 aliphatic heterocycles. The molecule has 4 atom stereocenters. The molecule has 1 aliphatic carbocycles. The number of esters is 1. The van der Waals surface area contributed by atoms with Crippen molar-refractivity contribution in [2.24, 2.45) is 11.3 Å². The Morgan fingerprint density at radius 1 is 1.03 bits per heavy atom. The minimum absolute atomic E-state index is 0.0901. The largest absolute Gasteiger partial charge is 0.469 e. The maximum absolute atomic E-state index is 13.7. The van der Waals surface area contributed by atoms with Gasteiger partial charge in [0.1, 0.15) is 5.82 Å². The lowest BCUT2D eigenvalue weighted by molar-refractivity contribution is -0.173. The van der Waals surface area contributed by atoms with Gasteiger partial charge in [0.2, 0.25) is 0 Å². The molecule has 3 aromatic carbocycles. The van der Waals surface area contributed by atoms with Gasteiger partial charge in [-0.3, -0.25) is 9.69 Å². The first-order valence-electron chi connectivity index (χ1n) is 11.9. The lowest BCUT2D eigenvalue weighted by Crippen LogP contribution is -2.56. The molecule has 176 valence electrons. The van der Waals surface area contributed by atoms with Crippen LogP contribution in [0.2, 0.25) is 0 Å². The number of halogens is 1. The Hall–Kier alpha value is -3.02. The Morgan fingerprint density at radius 2 is 1.68 bits per heavy atom. The van der Waals surface area contributed by atoms with Crippen molar-refractivity contribution < 1.29 is 19.0 Å². The molecule has 4 nitrogen and oxygen atoms in total. The van der Waals surface area contributed by atoms with E-state index in [0.29, 0.717) is 38.0 Å². The summed E-state index contributed by atoms with van der Waals surface area (Å²) in [6.45, 7) is 1.71. The van der Waals surface area contributed by atoms with E-state index in [1.165, 1.54) is 19.2 Å². The zero-order valence-electron chi connectivity index (χ0n) is 19.4. The van der Waals surface area contributed by atoms with Crippen molar-refractivity contribution in [3.05, 3.63) is 107 Å². The highest BCUT2D eigenvalue weighted by atomic mass is 19.1. The van der Waals surface area contributed by atoms with Gasteiger partial charge in [-0.1, -0.05) is 72.8 Å². The molecule has 2 aliphatic rings. The summed E-state index contributed by atoms with van der Waals surface area (Å²) in [7, 11) is 1.43. The average molecular weight is 460 g/mol.